The van der Waals surface area contributed by atoms with E-state index in [0.717, 1.165) is 12.1 Å². The van der Waals surface area contributed by atoms with Crippen LogP contribution >= 0.6 is 0 Å². The van der Waals surface area contributed by atoms with Gasteiger partial charge in [-0.25, -0.2) is 4.79 Å². The van der Waals surface area contributed by atoms with E-state index in [4.69, 9.17) is 28.1 Å². The number of allylic oxidation sites excluding steroid dienone is 1. The number of hydrogen-bond acceptors (Lipinski definition) is 9. The molecule has 71 heavy (non-hydrogen) atoms. The second-order valence-corrected chi connectivity index (χ2v) is 21.5. The first-order chi connectivity index (χ1) is 32.7. The van der Waals surface area contributed by atoms with Crippen molar-refractivity contribution in [2.45, 2.75) is 126 Å². The van der Waals surface area contributed by atoms with E-state index < -0.39 is 46.4 Å². The minimum atomic E-state index is -4.72. The zero-order valence-electron chi connectivity index (χ0n) is 42.6. The second-order valence-electron chi connectivity index (χ2n) is 21.5. The zero-order valence-corrected chi connectivity index (χ0v) is 42.6. The topological polar surface area (TPSA) is 110 Å². The highest BCUT2D eigenvalue weighted by Crippen LogP contribution is 2.41. The molecular formula is C56H64F6O9. The second kappa shape index (κ2) is 21.3. The summed E-state index contributed by atoms with van der Waals surface area (Å²) in [6.45, 7) is 22.3. The molecule has 9 nitrogen and oxygen atoms in total. The average Bonchev–Trinajstić information content (AvgIpc) is 3.23. The van der Waals surface area contributed by atoms with Crippen molar-refractivity contribution in [3.05, 3.63) is 123 Å². The summed E-state index contributed by atoms with van der Waals surface area (Å²) in [7, 11) is 1.36. The van der Waals surface area contributed by atoms with Crippen LogP contribution in [0.15, 0.2) is 88.1 Å². The third-order valence-corrected chi connectivity index (χ3v) is 11.6. The molecule has 0 aliphatic carbocycles. The van der Waals surface area contributed by atoms with E-state index in [-0.39, 0.29) is 87.4 Å². The van der Waals surface area contributed by atoms with Crippen molar-refractivity contribution >= 4 is 34.9 Å². The quantitative estimate of drug-likeness (QED) is 0.0212. The van der Waals surface area contributed by atoms with Gasteiger partial charge in [0.2, 0.25) is 0 Å². The van der Waals surface area contributed by atoms with Crippen molar-refractivity contribution in [2.24, 2.45) is 16.7 Å². The molecule has 5 rings (SSSR count). The minimum absolute atomic E-state index is 0.0607. The number of benzene rings is 4. The first kappa shape index (κ1) is 55.8. The van der Waals surface area contributed by atoms with Crippen LogP contribution in [-0.2, 0) is 31.4 Å². The number of methoxy groups -OCH3 is 1. The Bertz CT molecular complexity index is 2800. The van der Waals surface area contributed by atoms with Crippen molar-refractivity contribution in [1.29, 1.82) is 0 Å². The van der Waals surface area contributed by atoms with Gasteiger partial charge in [0, 0.05) is 40.6 Å². The Morgan fingerprint density at radius 2 is 1.27 bits per heavy atom. The van der Waals surface area contributed by atoms with Crippen LogP contribution in [0.3, 0.4) is 0 Å². The molecule has 1 heterocycles. The van der Waals surface area contributed by atoms with Gasteiger partial charge in [0.15, 0.2) is 6.29 Å². The summed E-state index contributed by atoms with van der Waals surface area (Å²) in [6.07, 6.45) is -7.78. The van der Waals surface area contributed by atoms with Crippen molar-refractivity contribution in [1.82, 2.24) is 0 Å². The molecule has 384 valence electrons. The minimum Gasteiger partial charge on any atom is -0.496 e. The highest BCUT2D eigenvalue weighted by molar-refractivity contribution is 6.14. The molecule has 0 saturated carbocycles. The van der Waals surface area contributed by atoms with Crippen LogP contribution in [0.2, 0.25) is 0 Å². The molecule has 0 amide bonds. The summed E-state index contributed by atoms with van der Waals surface area (Å²) in [5, 5.41) is 0.345. The van der Waals surface area contributed by atoms with Gasteiger partial charge in [0.05, 0.1) is 35.3 Å². The average molecular weight is 995 g/mol. The molecule has 2 unspecified atom stereocenters. The predicted molar refractivity (Wildman–Crippen MR) is 263 cm³/mol. The molecule has 4 aromatic carbocycles. The van der Waals surface area contributed by atoms with Crippen LogP contribution in [0.5, 0.6) is 17.2 Å². The number of carbonyl (C=O) groups is 2. The SMILES string of the molecule is COc1cc(OCC(COc2ccc3cc(-c4ccc(C)cc4C(F)(F)F)c(=O)oc3c2)OC(C)(C)CC(C)(C)OC(=O)C(CC(C)(C)C)C(C)(C)C)ccc1/C=C(\C=O)c1ccc(C)cc1C(F)(F)F. The molecule has 2 atom stereocenters. The molecule has 0 spiro atoms. The van der Waals surface area contributed by atoms with Gasteiger partial charge < -0.3 is 28.1 Å². The fraction of sp³-hybridized carbons (Fsp3) is 0.446. The largest absolute Gasteiger partial charge is 0.496 e. The molecule has 0 radical (unpaired) electrons. The number of fused-ring (bicyclic) bond motifs is 1. The van der Waals surface area contributed by atoms with Gasteiger partial charge in [-0.2, -0.15) is 26.3 Å². The molecule has 0 aliphatic rings. The normalized spacial score (nSPS) is 14.0. The Hall–Kier alpha value is -6.09. The number of esters is 1. The molecule has 0 saturated heterocycles. The highest BCUT2D eigenvalue weighted by atomic mass is 19.4. The maximum absolute atomic E-state index is 14.0. The third-order valence-electron chi connectivity index (χ3n) is 11.6. The first-order valence-corrected chi connectivity index (χ1v) is 23.1. The fourth-order valence-corrected chi connectivity index (χ4v) is 8.63. The van der Waals surface area contributed by atoms with Crippen molar-refractivity contribution in [3.63, 3.8) is 0 Å². The van der Waals surface area contributed by atoms with Crippen LogP contribution in [0.25, 0.3) is 33.7 Å². The van der Waals surface area contributed by atoms with Crippen molar-refractivity contribution < 1.29 is 64.0 Å². The lowest BCUT2D eigenvalue weighted by atomic mass is 9.72. The number of hydrogen-bond donors (Lipinski definition) is 0. The van der Waals surface area contributed by atoms with Crippen molar-refractivity contribution in [3.8, 4) is 28.4 Å². The number of carbonyl (C=O) groups excluding carboxylic acids is 2. The summed E-state index contributed by atoms with van der Waals surface area (Å²) in [6, 6.07) is 17.9. The van der Waals surface area contributed by atoms with Crippen LogP contribution in [0, 0.1) is 30.6 Å². The van der Waals surface area contributed by atoms with E-state index in [2.05, 4.69) is 20.8 Å². The molecular weight excluding hydrogens is 931 g/mol. The molecule has 5 aromatic rings. The Morgan fingerprint density at radius 1 is 0.690 bits per heavy atom. The Morgan fingerprint density at radius 3 is 1.83 bits per heavy atom. The lowest BCUT2D eigenvalue weighted by Crippen LogP contribution is -2.45. The molecule has 15 heteroatoms. The number of alkyl halides is 6. The maximum atomic E-state index is 14.0. The first-order valence-electron chi connectivity index (χ1n) is 23.1. The van der Waals surface area contributed by atoms with Gasteiger partial charge in [0.1, 0.15) is 47.8 Å². The Kier molecular flexibility index (Phi) is 16.8. The summed E-state index contributed by atoms with van der Waals surface area (Å²) in [5.41, 5.74) is -5.35. The lowest BCUT2D eigenvalue weighted by Gasteiger charge is -2.40. The number of aryl methyl sites for hydroxylation is 2. The highest BCUT2D eigenvalue weighted by Gasteiger charge is 2.41. The van der Waals surface area contributed by atoms with Gasteiger partial charge in [-0.3, -0.25) is 9.59 Å². The summed E-state index contributed by atoms with van der Waals surface area (Å²) in [4.78, 5) is 39.3. The molecule has 0 aliphatic heterocycles. The van der Waals surface area contributed by atoms with E-state index in [1.54, 1.807) is 18.2 Å². The number of halogens is 6. The van der Waals surface area contributed by atoms with Gasteiger partial charge >= 0.3 is 23.9 Å². The number of ether oxygens (including phenoxy) is 5. The summed E-state index contributed by atoms with van der Waals surface area (Å²) >= 11 is 0. The maximum Gasteiger partial charge on any atom is 0.417 e. The van der Waals surface area contributed by atoms with E-state index in [1.165, 1.54) is 75.6 Å². The van der Waals surface area contributed by atoms with E-state index >= 15 is 0 Å². The van der Waals surface area contributed by atoms with E-state index in [9.17, 15) is 40.7 Å². The lowest BCUT2D eigenvalue weighted by molar-refractivity contribution is -0.178. The predicted octanol–water partition coefficient (Wildman–Crippen LogP) is 14.3. The number of aldehydes is 1. The van der Waals surface area contributed by atoms with Gasteiger partial charge in [0.25, 0.3) is 0 Å². The van der Waals surface area contributed by atoms with Gasteiger partial charge in [-0.15, -0.1) is 0 Å². The van der Waals surface area contributed by atoms with Crippen LogP contribution in [0.1, 0.15) is 115 Å². The summed E-state index contributed by atoms with van der Waals surface area (Å²) in [5.74, 6) is -0.00628. The smallest absolute Gasteiger partial charge is 0.417 e. The molecule has 0 bridgehead atoms. The Labute approximate surface area is 411 Å². The van der Waals surface area contributed by atoms with E-state index in [1.807, 2.05) is 48.5 Å². The molecule has 1 aromatic heterocycles. The fourth-order valence-electron chi connectivity index (χ4n) is 8.63. The summed E-state index contributed by atoms with van der Waals surface area (Å²) < 4.78 is 121. The molecule has 0 fully saturated rings. The Balaban J connectivity index is 1.43. The van der Waals surface area contributed by atoms with Crippen LogP contribution in [-0.4, -0.2) is 49.9 Å². The van der Waals surface area contributed by atoms with Gasteiger partial charge in [-0.1, -0.05) is 76.9 Å². The third kappa shape index (κ3) is 15.2. The number of rotatable bonds is 18. The van der Waals surface area contributed by atoms with Crippen LogP contribution < -0.4 is 19.8 Å². The van der Waals surface area contributed by atoms with Crippen molar-refractivity contribution in [2.75, 3.05) is 20.3 Å². The monoisotopic (exact) mass is 994 g/mol. The van der Waals surface area contributed by atoms with Crippen LogP contribution in [0.4, 0.5) is 26.3 Å². The van der Waals surface area contributed by atoms with E-state index in [0.29, 0.717) is 34.8 Å². The molecule has 0 N–H and O–H groups in total. The van der Waals surface area contributed by atoms with Gasteiger partial charge in [-0.05, 0) is 113 Å². The standard InChI is InChI=1S/C56H64F6O9/c1-33-14-20-41(44(22-33)55(57,58)59)37(29-63)24-35-16-18-38(26-47(35)66-13)67-30-40(70-53(9,10)32-54(11,12)71-50(65)46(52(6,7)8)28-51(3,4)5)31-68-39-19-17-36-25-43(49(64)69-48(36)27-39)42-21-15-34(2)23-45(42)56(60,61)62/h14-27,29,40,46H,28,30-32H2,1-13H3/b37-24+. The zero-order chi connectivity index (χ0) is 53.1.